The van der Waals surface area contributed by atoms with Crippen LogP contribution in [0.3, 0.4) is 0 Å². The van der Waals surface area contributed by atoms with Gasteiger partial charge in [0.05, 0.1) is 0 Å². The number of carbonyl (C=O) groups is 3. The Morgan fingerprint density at radius 2 is 1.61 bits per heavy atom. The van der Waals surface area contributed by atoms with Crippen molar-refractivity contribution < 1.29 is 24.6 Å². The summed E-state index contributed by atoms with van der Waals surface area (Å²) >= 11 is 0. The van der Waals surface area contributed by atoms with Gasteiger partial charge in [-0.3, -0.25) is 9.59 Å². The minimum Gasteiger partial charge on any atom is -0.481 e. The highest BCUT2D eigenvalue weighted by molar-refractivity contribution is 5.98. The third kappa shape index (κ3) is 3.31. The molecule has 0 saturated carbocycles. The fraction of sp³-hybridized carbons (Fsp3) is 0.250. The molecule has 0 aliphatic rings. The Morgan fingerprint density at radius 3 is 2.06 bits per heavy atom. The molecule has 0 spiro atoms. The fourth-order valence-corrected chi connectivity index (χ4v) is 1.31. The topological polar surface area (TPSA) is 104 Å². The van der Waals surface area contributed by atoms with E-state index < -0.39 is 29.8 Å². The van der Waals surface area contributed by atoms with Gasteiger partial charge in [-0.1, -0.05) is 30.3 Å². The van der Waals surface area contributed by atoms with Gasteiger partial charge in [0, 0.05) is 0 Å². The highest BCUT2D eigenvalue weighted by Gasteiger charge is 2.27. The van der Waals surface area contributed by atoms with Crippen LogP contribution in [0.15, 0.2) is 30.3 Å². The lowest BCUT2D eigenvalue weighted by Gasteiger charge is -2.16. The summed E-state index contributed by atoms with van der Waals surface area (Å²) in [6.07, 6.45) is 0. The highest BCUT2D eigenvalue weighted by Crippen LogP contribution is 2.13. The number of carboxylic acid groups (broad SMARTS) is 2. The van der Waals surface area contributed by atoms with Gasteiger partial charge in [0.15, 0.2) is 6.04 Å². The molecule has 0 fully saturated rings. The maximum absolute atomic E-state index is 11.5. The molecule has 3 N–H and O–H groups in total. The molecule has 1 aromatic rings. The number of nitrogens with one attached hydrogen (secondary N) is 1. The first-order valence-electron chi connectivity index (χ1n) is 5.24. The zero-order chi connectivity index (χ0) is 13.7. The van der Waals surface area contributed by atoms with Gasteiger partial charge in [-0.15, -0.1) is 0 Å². The maximum atomic E-state index is 11.5. The molecule has 2 atom stereocenters. The van der Waals surface area contributed by atoms with Crippen LogP contribution in [0.1, 0.15) is 18.5 Å². The van der Waals surface area contributed by atoms with E-state index in [-0.39, 0.29) is 0 Å². The summed E-state index contributed by atoms with van der Waals surface area (Å²) < 4.78 is 0. The number of aliphatic carboxylic acids is 2. The van der Waals surface area contributed by atoms with E-state index in [2.05, 4.69) is 5.32 Å². The maximum Gasteiger partial charge on any atom is 0.330 e. The van der Waals surface area contributed by atoms with E-state index >= 15 is 0 Å². The van der Waals surface area contributed by atoms with E-state index in [1.807, 2.05) is 0 Å². The molecule has 6 heteroatoms. The lowest BCUT2D eigenvalue weighted by atomic mass is 10.1. The summed E-state index contributed by atoms with van der Waals surface area (Å²) in [6, 6.07) is 6.83. The molecule has 96 valence electrons. The molecule has 6 nitrogen and oxygen atoms in total. The van der Waals surface area contributed by atoms with Crippen LogP contribution < -0.4 is 5.32 Å². The van der Waals surface area contributed by atoms with E-state index in [9.17, 15) is 14.4 Å². The van der Waals surface area contributed by atoms with Crippen molar-refractivity contribution in [2.24, 2.45) is 5.92 Å². The Morgan fingerprint density at radius 1 is 1.06 bits per heavy atom. The minimum absolute atomic E-state index is 0.385. The summed E-state index contributed by atoms with van der Waals surface area (Å²) in [5.74, 6) is -4.67. The molecule has 0 saturated heterocycles. The van der Waals surface area contributed by atoms with Gasteiger partial charge in [0.25, 0.3) is 0 Å². The number of benzene rings is 1. The molecule has 0 bridgehead atoms. The summed E-state index contributed by atoms with van der Waals surface area (Å²) in [4.78, 5) is 33.2. The Balaban J connectivity index is 2.86. The van der Waals surface area contributed by atoms with Crippen molar-refractivity contribution in [2.45, 2.75) is 13.0 Å². The smallest absolute Gasteiger partial charge is 0.330 e. The van der Waals surface area contributed by atoms with Gasteiger partial charge in [0.1, 0.15) is 5.92 Å². The standard InChI is InChI=1S/C12H13NO5/c1-7(11(15)16)10(14)13-9(12(17)18)8-5-3-2-4-6-8/h2-7,9H,1H3,(H,13,14)(H,15,16)(H,17,18)/t7?,9-/m1/s1. The lowest BCUT2D eigenvalue weighted by Crippen LogP contribution is -2.39. The normalized spacial score (nSPS) is 13.4. The molecule has 18 heavy (non-hydrogen) atoms. The SMILES string of the molecule is CC(C(=O)O)C(=O)N[C@@H](C(=O)O)c1ccccc1. The second kappa shape index (κ2) is 5.81. The molecule has 1 unspecified atom stereocenters. The number of carbonyl (C=O) groups excluding carboxylic acids is 1. The van der Waals surface area contributed by atoms with Crippen LogP contribution in [0.4, 0.5) is 0 Å². The van der Waals surface area contributed by atoms with E-state index in [4.69, 9.17) is 10.2 Å². The molecular weight excluding hydrogens is 238 g/mol. The minimum atomic E-state index is -1.30. The number of carboxylic acids is 2. The Hall–Kier alpha value is -2.37. The summed E-state index contributed by atoms with van der Waals surface area (Å²) in [5, 5.41) is 19.9. The first kappa shape index (κ1) is 13.7. The third-order valence-electron chi connectivity index (χ3n) is 2.43. The molecule has 1 amide bonds. The zero-order valence-corrected chi connectivity index (χ0v) is 9.66. The number of amides is 1. The third-order valence-corrected chi connectivity index (χ3v) is 2.43. The quantitative estimate of drug-likeness (QED) is 0.666. The second-order valence-corrected chi connectivity index (χ2v) is 3.75. The molecular formula is C12H13NO5. The van der Waals surface area contributed by atoms with E-state index in [0.29, 0.717) is 5.56 Å². The van der Waals surface area contributed by atoms with Crippen LogP contribution in [-0.2, 0) is 14.4 Å². The molecule has 0 radical (unpaired) electrons. The van der Waals surface area contributed by atoms with Gasteiger partial charge in [-0.05, 0) is 12.5 Å². The van der Waals surface area contributed by atoms with Crippen LogP contribution in [0, 0.1) is 5.92 Å². The summed E-state index contributed by atoms with van der Waals surface area (Å²) in [7, 11) is 0. The molecule has 0 aliphatic heterocycles. The van der Waals surface area contributed by atoms with Gasteiger partial charge in [0.2, 0.25) is 5.91 Å². The molecule has 0 heterocycles. The van der Waals surface area contributed by atoms with Crippen molar-refractivity contribution >= 4 is 17.8 Å². The van der Waals surface area contributed by atoms with Crippen LogP contribution in [0.25, 0.3) is 0 Å². The monoisotopic (exact) mass is 251 g/mol. The Labute approximate surface area is 103 Å². The van der Waals surface area contributed by atoms with Crippen molar-refractivity contribution in [3.8, 4) is 0 Å². The predicted molar refractivity (Wildman–Crippen MR) is 61.8 cm³/mol. The van der Waals surface area contributed by atoms with Crippen molar-refractivity contribution in [1.82, 2.24) is 5.32 Å². The van der Waals surface area contributed by atoms with Crippen LogP contribution in [0.5, 0.6) is 0 Å². The predicted octanol–water partition coefficient (Wildman–Crippen LogP) is 0.649. The second-order valence-electron chi connectivity index (χ2n) is 3.75. The van der Waals surface area contributed by atoms with Crippen LogP contribution >= 0.6 is 0 Å². The van der Waals surface area contributed by atoms with E-state index in [1.165, 1.54) is 6.92 Å². The van der Waals surface area contributed by atoms with Gasteiger partial charge in [-0.25, -0.2) is 4.79 Å². The van der Waals surface area contributed by atoms with E-state index in [0.717, 1.165) is 0 Å². The largest absolute Gasteiger partial charge is 0.481 e. The summed E-state index contributed by atoms with van der Waals surface area (Å²) in [5.41, 5.74) is 0.385. The van der Waals surface area contributed by atoms with Crippen LogP contribution in [0.2, 0.25) is 0 Å². The first-order valence-corrected chi connectivity index (χ1v) is 5.24. The lowest BCUT2D eigenvalue weighted by molar-refractivity contribution is -0.149. The van der Waals surface area contributed by atoms with Crippen molar-refractivity contribution in [1.29, 1.82) is 0 Å². The number of hydrogen-bond acceptors (Lipinski definition) is 3. The molecule has 1 aromatic carbocycles. The zero-order valence-electron chi connectivity index (χ0n) is 9.66. The average Bonchev–Trinajstić information content (AvgIpc) is 2.35. The molecule has 0 aromatic heterocycles. The highest BCUT2D eigenvalue weighted by atomic mass is 16.4. The van der Waals surface area contributed by atoms with Gasteiger partial charge in [-0.2, -0.15) is 0 Å². The Kier molecular flexibility index (Phi) is 4.42. The Bertz CT molecular complexity index is 457. The van der Waals surface area contributed by atoms with Crippen molar-refractivity contribution in [2.75, 3.05) is 0 Å². The number of rotatable bonds is 5. The van der Waals surface area contributed by atoms with Gasteiger partial charge >= 0.3 is 11.9 Å². The molecule has 0 aliphatic carbocycles. The first-order chi connectivity index (χ1) is 8.43. The number of hydrogen-bond donors (Lipinski definition) is 3. The fourth-order valence-electron chi connectivity index (χ4n) is 1.31. The van der Waals surface area contributed by atoms with Crippen molar-refractivity contribution in [3.05, 3.63) is 35.9 Å². The van der Waals surface area contributed by atoms with Crippen molar-refractivity contribution in [3.63, 3.8) is 0 Å². The van der Waals surface area contributed by atoms with Crippen LogP contribution in [-0.4, -0.2) is 28.1 Å². The average molecular weight is 251 g/mol. The van der Waals surface area contributed by atoms with Gasteiger partial charge < -0.3 is 15.5 Å². The summed E-state index contributed by atoms with van der Waals surface area (Å²) in [6.45, 7) is 1.20. The van der Waals surface area contributed by atoms with E-state index in [1.54, 1.807) is 30.3 Å². The molecule has 1 rings (SSSR count).